The predicted molar refractivity (Wildman–Crippen MR) is 25.3 cm³/mol. The normalized spacial score (nSPS) is 8.71. The quantitative estimate of drug-likeness (QED) is 0.512. The molecule has 0 radical (unpaired) electrons. The first-order chi connectivity index (χ1) is 3.43. The van der Waals surface area contributed by atoms with Crippen LogP contribution < -0.4 is 5.43 Å². The molecule has 0 amide bonds. The zero-order valence-corrected chi connectivity index (χ0v) is 4.00. The van der Waals surface area contributed by atoms with Crippen LogP contribution in [0, 0.1) is 0 Å². The van der Waals surface area contributed by atoms with E-state index in [1.165, 1.54) is 0 Å². The molecule has 4 nitrogen and oxygen atoms in total. The summed E-state index contributed by atoms with van der Waals surface area (Å²) in [5.74, 6) is 0. The van der Waals surface area contributed by atoms with Crippen molar-refractivity contribution in [3.05, 3.63) is 12.7 Å². The first-order valence-electron chi connectivity index (χ1n) is 1.96. The number of rotatable bonds is 1. The van der Waals surface area contributed by atoms with Gasteiger partial charge in [0.1, 0.15) is 12.7 Å². The molecule has 38 valence electrons. The summed E-state index contributed by atoms with van der Waals surface area (Å²) in [6, 6.07) is 0. The van der Waals surface area contributed by atoms with Crippen molar-refractivity contribution < 1.29 is 0 Å². The third kappa shape index (κ3) is 0.677. The first kappa shape index (κ1) is 4.11. The van der Waals surface area contributed by atoms with Gasteiger partial charge in [-0.3, -0.25) is 0 Å². The van der Waals surface area contributed by atoms with Crippen molar-refractivity contribution in [2.45, 2.75) is 0 Å². The van der Waals surface area contributed by atoms with Gasteiger partial charge in [0.2, 0.25) is 0 Å². The topological polar surface area (TPSA) is 42.7 Å². The van der Waals surface area contributed by atoms with E-state index in [1.54, 1.807) is 24.4 Å². The average Bonchev–Trinajstić information content (AvgIpc) is 2.14. The van der Waals surface area contributed by atoms with Gasteiger partial charge in [0.05, 0.1) is 0 Å². The highest BCUT2D eigenvalue weighted by Gasteiger charge is 1.76. The Bertz CT molecular complexity index is 121. The van der Waals surface area contributed by atoms with Crippen molar-refractivity contribution in [2.75, 3.05) is 12.5 Å². The summed E-state index contributed by atoms with van der Waals surface area (Å²) in [4.78, 5) is 0. The Kier molecular flexibility index (Phi) is 0.934. The van der Waals surface area contributed by atoms with Gasteiger partial charge < -0.3 is 5.43 Å². The smallest absolute Gasteiger partial charge is 0.138 e. The van der Waals surface area contributed by atoms with Gasteiger partial charge in [0, 0.05) is 7.05 Å². The molecule has 7 heavy (non-hydrogen) atoms. The van der Waals surface area contributed by atoms with Gasteiger partial charge >= 0.3 is 0 Å². The van der Waals surface area contributed by atoms with E-state index in [0.29, 0.717) is 0 Å². The highest BCUT2D eigenvalue weighted by molar-refractivity contribution is 4.64. The standard InChI is InChI=1S/C3H6N4/c1-4-7-2-5-6-3-7/h2-4H,1H3. The van der Waals surface area contributed by atoms with Crippen LogP contribution in [0.1, 0.15) is 0 Å². The molecule has 0 aliphatic carbocycles. The lowest BCUT2D eigenvalue weighted by atomic mass is 11.2. The predicted octanol–water partition coefficient (Wildman–Crippen LogP) is -0.549. The van der Waals surface area contributed by atoms with Crippen molar-refractivity contribution in [2.24, 2.45) is 0 Å². The Morgan fingerprint density at radius 3 is 2.29 bits per heavy atom. The molecular weight excluding hydrogens is 92.1 g/mol. The molecule has 4 heteroatoms. The summed E-state index contributed by atoms with van der Waals surface area (Å²) in [7, 11) is 1.80. The summed E-state index contributed by atoms with van der Waals surface area (Å²) in [5, 5.41) is 7.09. The summed E-state index contributed by atoms with van der Waals surface area (Å²) in [6.45, 7) is 0. The molecule has 0 aliphatic rings. The van der Waals surface area contributed by atoms with E-state index >= 15 is 0 Å². The molecule has 0 saturated carbocycles. The largest absolute Gasteiger partial charge is 0.327 e. The van der Waals surface area contributed by atoms with Crippen LogP contribution in [-0.2, 0) is 0 Å². The monoisotopic (exact) mass is 98.1 g/mol. The Balaban J connectivity index is 2.76. The molecule has 0 atom stereocenters. The molecule has 0 spiro atoms. The number of aromatic nitrogens is 3. The first-order valence-corrected chi connectivity index (χ1v) is 1.96. The average molecular weight is 98.1 g/mol. The Morgan fingerprint density at radius 2 is 2.00 bits per heavy atom. The Morgan fingerprint density at radius 1 is 1.43 bits per heavy atom. The van der Waals surface area contributed by atoms with Crippen LogP contribution in [-0.4, -0.2) is 21.9 Å². The van der Waals surface area contributed by atoms with Crippen LogP contribution in [0.25, 0.3) is 0 Å². The number of hydrogen-bond donors (Lipinski definition) is 1. The molecule has 0 saturated heterocycles. The molecule has 1 N–H and O–H groups in total. The van der Waals surface area contributed by atoms with E-state index in [9.17, 15) is 0 Å². The minimum Gasteiger partial charge on any atom is -0.327 e. The summed E-state index contributed by atoms with van der Waals surface area (Å²) in [6.07, 6.45) is 3.17. The second kappa shape index (κ2) is 1.59. The summed E-state index contributed by atoms with van der Waals surface area (Å²) >= 11 is 0. The van der Waals surface area contributed by atoms with Crippen LogP contribution in [0.5, 0.6) is 0 Å². The minimum absolute atomic E-state index is 1.58. The lowest BCUT2D eigenvalue weighted by Gasteiger charge is -1.91. The van der Waals surface area contributed by atoms with Crippen LogP contribution in [0.15, 0.2) is 12.7 Å². The molecule has 0 aliphatic heterocycles. The number of nitrogens with one attached hydrogen (secondary N) is 1. The Labute approximate surface area is 41.1 Å². The molecule has 1 aromatic rings. The minimum atomic E-state index is 1.58. The van der Waals surface area contributed by atoms with Gasteiger partial charge in [-0.05, 0) is 0 Å². The van der Waals surface area contributed by atoms with Crippen LogP contribution >= 0.6 is 0 Å². The SMILES string of the molecule is CNn1cnnc1. The molecule has 0 fully saturated rings. The highest BCUT2D eigenvalue weighted by Crippen LogP contribution is 1.68. The van der Waals surface area contributed by atoms with E-state index in [4.69, 9.17) is 0 Å². The van der Waals surface area contributed by atoms with Crippen molar-refractivity contribution in [3.8, 4) is 0 Å². The van der Waals surface area contributed by atoms with Gasteiger partial charge in [-0.25, -0.2) is 4.68 Å². The fourth-order valence-electron chi connectivity index (χ4n) is 0.316. The van der Waals surface area contributed by atoms with E-state index < -0.39 is 0 Å². The zero-order valence-electron chi connectivity index (χ0n) is 4.00. The Hall–Kier alpha value is -1.06. The van der Waals surface area contributed by atoms with Crippen molar-refractivity contribution in [3.63, 3.8) is 0 Å². The van der Waals surface area contributed by atoms with Crippen LogP contribution in [0.4, 0.5) is 0 Å². The maximum Gasteiger partial charge on any atom is 0.138 e. The molecular formula is C3H6N4. The van der Waals surface area contributed by atoms with Gasteiger partial charge in [-0.2, -0.15) is 0 Å². The third-order valence-corrected chi connectivity index (χ3v) is 0.677. The van der Waals surface area contributed by atoms with E-state index in [-0.39, 0.29) is 0 Å². The molecule has 0 unspecified atom stereocenters. The van der Waals surface area contributed by atoms with Gasteiger partial charge in [-0.1, -0.05) is 0 Å². The van der Waals surface area contributed by atoms with Gasteiger partial charge in [-0.15, -0.1) is 10.2 Å². The van der Waals surface area contributed by atoms with Gasteiger partial charge in [0.15, 0.2) is 0 Å². The molecule has 1 aromatic heterocycles. The second-order valence-corrected chi connectivity index (χ2v) is 1.09. The lowest BCUT2D eigenvalue weighted by Crippen LogP contribution is -2.04. The molecule has 0 bridgehead atoms. The summed E-state index contributed by atoms with van der Waals surface area (Å²) < 4.78 is 1.65. The second-order valence-electron chi connectivity index (χ2n) is 1.09. The van der Waals surface area contributed by atoms with Crippen molar-refractivity contribution in [1.82, 2.24) is 14.9 Å². The lowest BCUT2D eigenvalue weighted by molar-refractivity contribution is 0.920. The number of nitrogens with zero attached hydrogens (tertiary/aromatic N) is 3. The molecule has 0 aromatic carbocycles. The van der Waals surface area contributed by atoms with Crippen molar-refractivity contribution in [1.29, 1.82) is 0 Å². The summed E-state index contributed by atoms with van der Waals surface area (Å²) in [5.41, 5.74) is 2.80. The highest BCUT2D eigenvalue weighted by atomic mass is 15.4. The van der Waals surface area contributed by atoms with E-state index in [1.807, 2.05) is 0 Å². The van der Waals surface area contributed by atoms with E-state index in [0.717, 1.165) is 0 Å². The third-order valence-electron chi connectivity index (χ3n) is 0.677. The van der Waals surface area contributed by atoms with Crippen molar-refractivity contribution >= 4 is 0 Å². The zero-order chi connectivity index (χ0) is 5.11. The van der Waals surface area contributed by atoms with Gasteiger partial charge in [0.25, 0.3) is 0 Å². The number of hydrogen-bond acceptors (Lipinski definition) is 3. The van der Waals surface area contributed by atoms with Crippen LogP contribution in [0.2, 0.25) is 0 Å². The van der Waals surface area contributed by atoms with E-state index in [2.05, 4.69) is 15.6 Å². The maximum absolute atomic E-state index is 3.54. The molecule has 1 rings (SSSR count). The van der Waals surface area contributed by atoms with Crippen LogP contribution in [0.3, 0.4) is 0 Å². The fourth-order valence-corrected chi connectivity index (χ4v) is 0.316. The maximum atomic E-state index is 3.54. The molecule has 1 heterocycles. The fraction of sp³-hybridized carbons (Fsp3) is 0.333.